The number of aromatic nitrogens is 1. The fourth-order valence-electron chi connectivity index (χ4n) is 4.78. The average molecular weight is 475 g/mol. The van der Waals surface area contributed by atoms with E-state index in [1.165, 1.54) is 90.1 Å². The van der Waals surface area contributed by atoms with E-state index in [2.05, 4.69) is 18.9 Å². The number of rotatable bonds is 19. The van der Waals surface area contributed by atoms with E-state index < -0.39 is 0 Å². The molecule has 0 spiro atoms. The van der Waals surface area contributed by atoms with Crippen molar-refractivity contribution in [3.63, 3.8) is 0 Å². The first-order chi connectivity index (χ1) is 16.0. The molecule has 186 valence electrons. The third-order valence-corrected chi connectivity index (χ3v) is 7.14. The number of fused-ring (bicyclic) bond motifs is 1. The fourth-order valence-corrected chi connectivity index (χ4v) is 5.09. The molecule has 0 aliphatic carbocycles. The van der Waals surface area contributed by atoms with Crippen molar-refractivity contribution in [1.29, 1.82) is 0 Å². The van der Waals surface area contributed by atoms with Crippen LogP contribution in [0.3, 0.4) is 0 Å². The van der Waals surface area contributed by atoms with Crippen LogP contribution in [0.15, 0.2) is 24.4 Å². The van der Waals surface area contributed by atoms with Gasteiger partial charge in [0.1, 0.15) is 0 Å². The van der Waals surface area contributed by atoms with Gasteiger partial charge >= 0.3 is 0 Å². The summed E-state index contributed by atoms with van der Waals surface area (Å²) in [6.07, 6.45) is 20.9. The predicted molar refractivity (Wildman–Crippen MR) is 145 cm³/mol. The molecule has 1 aromatic carbocycles. The zero-order chi connectivity index (χ0) is 23.9. The quantitative estimate of drug-likeness (QED) is 0.150. The third kappa shape index (κ3) is 10.2. The molecule has 0 amide bonds. The first-order valence-electron chi connectivity index (χ1n) is 13.5. The number of nitrogens with zero attached hydrogens (tertiary/aromatic N) is 2. The number of Topliss-reactive ketones (excluding diaryl/α,β-unsaturated/α-hetero) is 1. The van der Waals surface area contributed by atoms with Gasteiger partial charge < -0.3 is 9.47 Å². The fraction of sp³-hybridized carbons (Fsp3) is 0.690. The molecule has 0 N–H and O–H groups in total. The van der Waals surface area contributed by atoms with Crippen LogP contribution >= 0.6 is 11.6 Å². The maximum Gasteiger partial charge on any atom is 0.165 e. The van der Waals surface area contributed by atoms with Crippen molar-refractivity contribution < 1.29 is 4.79 Å². The summed E-state index contributed by atoms with van der Waals surface area (Å²) in [5, 5.41) is 1.69. The first-order valence-corrected chi connectivity index (χ1v) is 13.9. The molecule has 1 aromatic heterocycles. The number of aryl methyl sites for hydroxylation is 1. The van der Waals surface area contributed by atoms with Gasteiger partial charge in [0, 0.05) is 30.6 Å². The largest absolute Gasteiger partial charge is 0.349 e. The number of unbranched alkanes of at least 4 members (excludes halogenated alkanes) is 12. The Hall–Kier alpha value is -1.32. The number of para-hydroxylation sites is 1. The summed E-state index contributed by atoms with van der Waals surface area (Å²) in [4.78, 5) is 15.2. The van der Waals surface area contributed by atoms with Crippen molar-refractivity contribution in [1.82, 2.24) is 9.47 Å². The molecular weight excluding hydrogens is 428 g/mol. The maximum atomic E-state index is 12.7. The molecule has 0 unspecified atom stereocenters. The smallest absolute Gasteiger partial charge is 0.165 e. The second-order valence-electron chi connectivity index (χ2n) is 9.86. The number of halogens is 1. The minimum absolute atomic E-state index is 0.242. The predicted octanol–water partition coefficient (Wildman–Crippen LogP) is 8.82. The lowest BCUT2D eigenvalue weighted by molar-refractivity contribution is 0.0980. The molecule has 0 saturated carbocycles. The van der Waals surface area contributed by atoms with Gasteiger partial charge in [-0.2, -0.15) is 0 Å². The van der Waals surface area contributed by atoms with Gasteiger partial charge in [-0.25, -0.2) is 0 Å². The summed E-state index contributed by atoms with van der Waals surface area (Å²) in [6.45, 7) is 4.77. The van der Waals surface area contributed by atoms with Crippen LogP contribution in [0.25, 0.3) is 10.9 Å². The highest BCUT2D eigenvalue weighted by Gasteiger charge is 2.15. The SMILES string of the molecule is CCCCCCCCCN(C)CCCCCCCCCC(=O)c1cn(C)c2c(Cl)cccc12. The molecule has 33 heavy (non-hydrogen) atoms. The summed E-state index contributed by atoms with van der Waals surface area (Å²) < 4.78 is 1.97. The highest BCUT2D eigenvalue weighted by molar-refractivity contribution is 6.35. The van der Waals surface area contributed by atoms with Gasteiger partial charge in [0.25, 0.3) is 0 Å². The van der Waals surface area contributed by atoms with Crippen LogP contribution in [0.1, 0.15) is 114 Å². The lowest BCUT2D eigenvalue weighted by atomic mass is 10.0. The van der Waals surface area contributed by atoms with Crippen molar-refractivity contribution in [3.8, 4) is 0 Å². The number of hydrogen-bond donors (Lipinski definition) is 0. The minimum Gasteiger partial charge on any atom is -0.349 e. The third-order valence-electron chi connectivity index (χ3n) is 6.84. The first kappa shape index (κ1) is 27.9. The molecule has 0 fully saturated rings. The Bertz CT molecular complexity index is 813. The van der Waals surface area contributed by atoms with E-state index in [0.29, 0.717) is 11.4 Å². The van der Waals surface area contributed by atoms with E-state index in [1.807, 2.05) is 36.0 Å². The Kier molecular flexibility index (Phi) is 13.8. The van der Waals surface area contributed by atoms with Gasteiger partial charge in [0.05, 0.1) is 10.5 Å². The molecule has 0 radical (unpaired) electrons. The molecule has 4 heteroatoms. The number of benzene rings is 1. The molecule has 0 aliphatic rings. The van der Waals surface area contributed by atoms with Crippen molar-refractivity contribution in [2.45, 2.75) is 103 Å². The van der Waals surface area contributed by atoms with Crippen molar-refractivity contribution in [2.75, 3.05) is 20.1 Å². The lowest BCUT2D eigenvalue weighted by Crippen LogP contribution is -2.20. The molecule has 0 saturated heterocycles. The second kappa shape index (κ2) is 16.3. The van der Waals surface area contributed by atoms with E-state index in [-0.39, 0.29) is 5.78 Å². The number of carbonyl (C=O) groups excluding carboxylic acids is 1. The van der Waals surface area contributed by atoms with Crippen LogP contribution in [0.2, 0.25) is 5.02 Å². The summed E-state index contributed by atoms with van der Waals surface area (Å²) in [7, 11) is 4.23. The van der Waals surface area contributed by atoms with Gasteiger partial charge in [-0.1, -0.05) is 101 Å². The van der Waals surface area contributed by atoms with Gasteiger partial charge in [0.2, 0.25) is 0 Å². The second-order valence-corrected chi connectivity index (χ2v) is 10.3. The van der Waals surface area contributed by atoms with Crippen LogP contribution in [0.4, 0.5) is 0 Å². The molecule has 0 bridgehead atoms. The van der Waals surface area contributed by atoms with Crippen LogP contribution in [0, 0.1) is 0 Å². The zero-order valence-corrected chi connectivity index (χ0v) is 22.3. The standard InChI is InChI=1S/C29H47ClN2O/c1-4-5-6-7-10-13-16-22-31(2)23-17-14-11-8-9-12-15-21-28(33)26-24-32(3)29-25(26)19-18-20-27(29)30/h18-20,24H,4-17,21-23H2,1-3H3. The summed E-state index contributed by atoms with van der Waals surface area (Å²) >= 11 is 6.31. The van der Waals surface area contributed by atoms with Crippen LogP contribution in [-0.2, 0) is 7.05 Å². The molecule has 2 aromatic rings. The van der Waals surface area contributed by atoms with Gasteiger partial charge in [-0.3, -0.25) is 4.79 Å². The maximum absolute atomic E-state index is 12.7. The summed E-state index contributed by atoms with van der Waals surface area (Å²) in [6, 6.07) is 5.81. The molecule has 0 atom stereocenters. The van der Waals surface area contributed by atoms with Gasteiger partial charge in [-0.15, -0.1) is 0 Å². The van der Waals surface area contributed by atoms with Crippen molar-refractivity contribution in [3.05, 3.63) is 35.0 Å². The monoisotopic (exact) mass is 474 g/mol. The zero-order valence-electron chi connectivity index (χ0n) is 21.5. The van der Waals surface area contributed by atoms with E-state index >= 15 is 0 Å². The van der Waals surface area contributed by atoms with Crippen LogP contribution in [-0.4, -0.2) is 35.4 Å². The Morgan fingerprint density at radius 1 is 0.848 bits per heavy atom. The summed E-state index contributed by atoms with van der Waals surface area (Å²) in [5.41, 5.74) is 1.77. The van der Waals surface area contributed by atoms with Crippen LogP contribution < -0.4 is 0 Å². The number of hydrogen-bond acceptors (Lipinski definition) is 2. The highest BCUT2D eigenvalue weighted by Crippen LogP contribution is 2.28. The number of carbonyl (C=O) groups is 1. The summed E-state index contributed by atoms with van der Waals surface area (Å²) in [5.74, 6) is 0.242. The lowest BCUT2D eigenvalue weighted by Gasteiger charge is -2.16. The van der Waals surface area contributed by atoms with E-state index in [9.17, 15) is 4.79 Å². The Morgan fingerprint density at radius 2 is 1.39 bits per heavy atom. The normalized spacial score (nSPS) is 11.7. The topological polar surface area (TPSA) is 25.2 Å². The average Bonchev–Trinajstić information content (AvgIpc) is 3.15. The minimum atomic E-state index is 0.242. The number of ketones is 1. The van der Waals surface area contributed by atoms with E-state index in [4.69, 9.17) is 11.6 Å². The molecule has 1 heterocycles. The van der Waals surface area contributed by atoms with Gasteiger partial charge in [-0.05, 0) is 45.5 Å². The van der Waals surface area contributed by atoms with E-state index in [0.717, 1.165) is 29.3 Å². The Balaban J connectivity index is 1.46. The van der Waals surface area contributed by atoms with Crippen molar-refractivity contribution in [2.24, 2.45) is 7.05 Å². The molecule has 2 rings (SSSR count). The molecular formula is C29H47ClN2O. The van der Waals surface area contributed by atoms with Gasteiger partial charge in [0.15, 0.2) is 5.78 Å². The Morgan fingerprint density at radius 3 is 2.00 bits per heavy atom. The molecule has 3 nitrogen and oxygen atoms in total. The molecule has 0 aliphatic heterocycles. The van der Waals surface area contributed by atoms with E-state index in [1.54, 1.807) is 0 Å². The van der Waals surface area contributed by atoms with Crippen molar-refractivity contribution >= 4 is 28.3 Å². The Labute approximate surface area is 207 Å². The highest BCUT2D eigenvalue weighted by atomic mass is 35.5. The van der Waals surface area contributed by atoms with Crippen LogP contribution in [0.5, 0.6) is 0 Å².